The van der Waals surface area contributed by atoms with Gasteiger partial charge in [-0.1, -0.05) is 6.07 Å². The fraction of sp³-hybridized carbons (Fsp3) is 0.176. The Balaban J connectivity index is 1.78. The van der Waals surface area contributed by atoms with Gasteiger partial charge in [-0.15, -0.1) is 0 Å². The number of amides is 1. The van der Waals surface area contributed by atoms with E-state index < -0.39 is 10.9 Å². The van der Waals surface area contributed by atoms with Crippen molar-refractivity contribution in [3.05, 3.63) is 56.5 Å². The Hall–Kier alpha value is -2.94. The number of esters is 1. The first-order valence-corrected chi connectivity index (χ1v) is 8.43. The molecule has 1 amide bonds. The van der Waals surface area contributed by atoms with E-state index in [2.05, 4.69) is 21.2 Å². The summed E-state index contributed by atoms with van der Waals surface area (Å²) >= 11 is 3.39. The number of rotatable bonds is 4. The van der Waals surface area contributed by atoms with Gasteiger partial charge in [0.2, 0.25) is 5.91 Å². The van der Waals surface area contributed by atoms with Gasteiger partial charge in [-0.05, 0) is 46.6 Å². The first kappa shape index (κ1) is 17.9. The van der Waals surface area contributed by atoms with Crippen LogP contribution in [-0.4, -0.2) is 29.9 Å². The number of carbonyl (C=O) groups is 2. The summed E-state index contributed by atoms with van der Waals surface area (Å²) in [7, 11) is 0. The summed E-state index contributed by atoms with van der Waals surface area (Å²) in [5, 5.41) is 13.6. The lowest BCUT2D eigenvalue weighted by Crippen LogP contribution is -2.41. The number of carbonyl (C=O) groups excluding carboxylic acids is 2. The molecule has 1 heterocycles. The maximum absolute atomic E-state index is 12.4. The van der Waals surface area contributed by atoms with Gasteiger partial charge in [0, 0.05) is 10.5 Å². The third-order valence-electron chi connectivity index (χ3n) is 3.77. The van der Waals surface area contributed by atoms with E-state index >= 15 is 0 Å². The van der Waals surface area contributed by atoms with Crippen LogP contribution in [0.1, 0.15) is 5.56 Å². The molecule has 0 radical (unpaired) electrons. The largest absolute Gasteiger partial charge is 0.423 e. The SMILES string of the molecule is Cc1ccc(NC(=O)CN2CC(=O)Oc3cc([N+](=O)[O-])ccc32)c(Br)c1. The Kier molecular flexibility index (Phi) is 4.90. The van der Waals surface area contributed by atoms with Crippen LogP contribution < -0.4 is 15.0 Å². The molecular formula is C17H14BrN3O5. The zero-order valence-corrected chi connectivity index (χ0v) is 15.3. The fourth-order valence-electron chi connectivity index (χ4n) is 2.58. The molecule has 0 atom stereocenters. The van der Waals surface area contributed by atoms with E-state index in [1.54, 1.807) is 6.07 Å². The standard InChI is InChI=1S/C17H14BrN3O5/c1-10-2-4-13(12(18)6-10)19-16(22)8-20-9-17(23)26-15-7-11(21(24)25)3-5-14(15)20/h2-7H,8-9H2,1H3,(H,19,22). The number of non-ortho nitro benzene ring substituents is 1. The van der Waals surface area contributed by atoms with Gasteiger partial charge in [-0.2, -0.15) is 0 Å². The molecule has 0 fully saturated rings. The molecule has 2 aromatic carbocycles. The first-order valence-electron chi connectivity index (χ1n) is 7.63. The van der Waals surface area contributed by atoms with Crippen LogP contribution in [0.25, 0.3) is 0 Å². The maximum Gasteiger partial charge on any atom is 0.331 e. The monoisotopic (exact) mass is 419 g/mol. The van der Waals surface area contributed by atoms with Gasteiger partial charge in [0.25, 0.3) is 5.69 Å². The second-order valence-corrected chi connectivity index (χ2v) is 6.63. The zero-order chi connectivity index (χ0) is 18.8. The molecule has 1 N–H and O–H groups in total. The predicted octanol–water partition coefficient (Wildman–Crippen LogP) is 3.03. The Labute approximate surface area is 157 Å². The average Bonchev–Trinajstić information content (AvgIpc) is 2.56. The minimum absolute atomic E-state index is 0.0692. The number of anilines is 2. The summed E-state index contributed by atoms with van der Waals surface area (Å²) in [6.07, 6.45) is 0. The summed E-state index contributed by atoms with van der Waals surface area (Å²) < 4.78 is 5.81. The number of nitro groups is 1. The van der Waals surface area contributed by atoms with Crippen LogP contribution >= 0.6 is 15.9 Å². The summed E-state index contributed by atoms with van der Waals surface area (Å²) in [5.41, 5.74) is 1.92. The number of hydrogen-bond acceptors (Lipinski definition) is 6. The average molecular weight is 420 g/mol. The Morgan fingerprint density at radius 2 is 2.12 bits per heavy atom. The maximum atomic E-state index is 12.4. The van der Waals surface area contributed by atoms with E-state index in [9.17, 15) is 19.7 Å². The van der Waals surface area contributed by atoms with Crippen molar-refractivity contribution in [3.63, 3.8) is 0 Å². The van der Waals surface area contributed by atoms with Crippen molar-refractivity contribution in [2.75, 3.05) is 23.3 Å². The van der Waals surface area contributed by atoms with Crippen molar-refractivity contribution >= 4 is 44.9 Å². The van der Waals surface area contributed by atoms with E-state index in [1.165, 1.54) is 23.1 Å². The van der Waals surface area contributed by atoms with E-state index in [-0.39, 0.29) is 30.4 Å². The quantitative estimate of drug-likeness (QED) is 0.353. The normalized spacial score (nSPS) is 13.0. The van der Waals surface area contributed by atoms with E-state index in [4.69, 9.17) is 4.74 Å². The number of hydrogen-bond donors (Lipinski definition) is 1. The van der Waals surface area contributed by atoms with E-state index in [1.807, 2.05) is 19.1 Å². The van der Waals surface area contributed by atoms with Gasteiger partial charge in [0.15, 0.2) is 5.75 Å². The van der Waals surface area contributed by atoms with Crippen LogP contribution in [-0.2, 0) is 9.59 Å². The van der Waals surface area contributed by atoms with Crippen LogP contribution in [0.4, 0.5) is 17.1 Å². The molecule has 1 aliphatic rings. The second kappa shape index (κ2) is 7.12. The van der Waals surface area contributed by atoms with Crippen LogP contribution in [0.15, 0.2) is 40.9 Å². The number of benzene rings is 2. The number of ether oxygens (including phenoxy) is 1. The lowest BCUT2D eigenvalue weighted by Gasteiger charge is -2.29. The molecule has 8 nitrogen and oxygen atoms in total. The van der Waals surface area contributed by atoms with Gasteiger partial charge < -0.3 is 15.0 Å². The summed E-state index contributed by atoms with van der Waals surface area (Å²) in [6, 6.07) is 9.47. The molecule has 0 saturated carbocycles. The minimum atomic E-state index is -0.581. The molecule has 0 saturated heterocycles. The predicted molar refractivity (Wildman–Crippen MR) is 98.5 cm³/mol. The molecule has 0 aliphatic carbocycles. The summed E-state index contributed by atoms with van der Waals surface area (Å²) in [4.78, 5) is 36.0. The highest BCUT2D eigenvalue weighted by Gasteiger charge is 2.27. The smallest absolute Gasteiger partial charge is 0.331 e. The number of nitrogens with one attached hydrogen (secondary N) is 1. The Morgan fingerprint density at radius 1 is 1.35 bits per heavy atom. The van der Waals surface area contributed by atoms with Crippen molar-refractivity contribution in [1.82, 2.24) is 0 Å². The molecule has 1 aliphatic heterocycles. The highest BCUT2D eigenvalue weighted by Crippen LogP contribution is 2.35. The topological polar surface area (TPSA) is 102 Å². The number of nitrogens with zero attached hydrogens (tertiary/aromatic N) is 2. The van der Waals surface area contributed by atoms with Gasteiger partial charge in [0.05, 0.1) is 28.9 Å². The Bertz CT molecular complexity index is 915. The third kappa shape index (κ3) is 3.83. The van der Waals surface area contributed by atoms with Crippen LogP contribution in [0, 0.1) is 17.0 Å². The van der Waals surface area contributed by atoms with Gasteiger partial charge in [0.1, 0.15) is 6.54 Å². The summed E-state index contributed by atoms with van der Waals surface area (Å²) in [5.74, 6) is -0.837. The third-order valence-corrected chi connectivity index (χ3v) is 4.43. The molecule has 0 aromatic heterocycles. The molecule has 0 unspecified atom stereocenters. The van der Waals surface area contributed by atoms with Crippen molar-refractivity contribution in [2.45, 2.75) is 6.92 Å². The molecule has 9 heteroatoms. The van der Waals surface area contributed by atoms with Crippen molar-refractivity contribution < 1.29 is 19.2 Å². The molecule has 134 valence electrons. The molecule has 0 bridgehead atoms. The van der Waals surface area contributed by atoms with Gasteiger partial charge in [-0.25, -0.2) is 4.79 Å². The van der Waals surface area contributed by atoms with E-state index in [0.29, 0.717) is 11.4 Å². The van der Waals surface area contributed by atoms with Crippen LogP contribution in [0.3, 0.4) is 0 Å². The molecule has 26 heavy (non-hydrogen) atoms. The molecule has 0 spiro atoms. The number of aryl methyl sites for hydroxylation is 1. The van der Waals surface area contributed by atoms with Crippen molar-refractivity contribution in [2.24, 2.45) is 0 Å². The second-order valence-electron chi connectivity index (χ2n) is 5.77. The number of halogens is 1. The molecular weight excluding hydrogens is 406 g/mol. The highest BCUT2D eigenvalue weighted by atomic mass is 79.9. The molecule has 2 aromatic rings. The first-order chi connectivity index (χ1) is 12.3. The lowest BCUT2D eigenvalue weighted by molar-refractivity contribution is -0.384. The summed E-state index contributed by atoms with van der Waals surface area (Å²) in [6.45, 7) is 1.72. The van der Waals surface area contributed by atoms with E-state index in [0.717, 1.165) is 10.0 Å². The number of nitro benzene ring substituents is 1. The lowest BCUT2D eigenvalue weighted by atomic mass is 10.2. The van der Waals surface area contributed by atoms with Gasteiger partial charge in [-0.3, -0.25) is 14.9 Å². The minimum Gasteiger partial charge on any atom is -0.423 e. The van der Waals surface area contributed by atoms with Crippen LogP contribution in [0.5, 0.6) is 5.75 Å². The van der Waals surface area contributed by atoms with Crippen molar-refractivity contribution in [1.29, 1.82) is 0 Å². The highest BCUT2D eigenvalue weighted by molar-refractivity contribution is 9.10. The van der Waals surface area contributed by atoms with Gasteiger partial charge >= 0.3 is 5.97 Å². The Morgan fingerprint density at radius 3 is 2.81 bits per heavy atom. The van der Waals surface area contributed by atoms with Crippen molar-refractivity contribution in [3.8, 4) is 5.75 Å². The fourth-order valence-corrected chi connectivity index (χ4v) is 3.17. The van der Waals surface area contributed by atoms with Crippen LogP contribution in [0.2, 0.25) is 0 Å². The molecule has 3 rings (SSSR count). The zero-order valence-electron chi connectivity index (χ0n) is 13.7. The number of fused-ring (bicyclic) bond motifs is 1.